The fourth-order valence-corrected chi connectivity index (χ4v) is 2.37. The molecule has 1 aliphatic heterocycles. The summed E-state index contributed by atoms with van der Waals surface area (Å²) in [7, 11) is 0. The molecule has 1 aromatic carbocycles. The van der Waals surface area contributed by atoms with Crippen molar-refractivity contribution in [1.29, 1.82) is 0 Å². The molecule has 3 N–H and O–H groups in total. The van der Waals surface area contributed by atoms with Gasteiger partial charge < -0.3 is 15.6 Å². The van der Waals surface area contributed by atoms with E-state index in [-0.39, 0.29) is 12.0 Å². The van der Waals surface area contributed by atoms with Crippen LogP contribution in [0.4, 0.5) is 0 Å². The van der Waals surface area contributed by atoms with Crippen LogP contribution in [0.25, 0.3) is 0 Å². The van der Waals surface area contributed by atoms with E-state index in [1.165, 1.54) is 0 Å². The molecule has 0 bridgehead atoms. The Bertz CT molecular complexity index is 448. The predicted octanol–water partition coefficient (Wildman–Crippen LogP) is 0.766. The lowest BCUT2D eigenvalue weighted by Gasteiger charge is -2.42. The molecule has 0 radical (unpaired) electrons. The van der Waals surface area contributed by atoms with Gasteiger partial charge in [0.15, 0.2) is 0 Å². The summed E-state index contributed by atoms with van der Waals surface area (Å²) < 4.78 is 5.90. The van der Waals surface area contributed by atoms with Crippen molar-refractivity contribution < 1.29 is 14.6 Å². The van der Waals surface area contributed by atoms with Crippen LogP contribution in [-0.2, 0) is 4.79 Å². The van der Waals surface area contributed by atoms with E-state index >= 15 is 0 Å². The SMILES string of the molecule is C[C@]1(O)CCN(CCC(N)=O)C[C@@H]1Oc1ccccc1. The van der Waals surface area contributed by atoms with Crippen LogP contribution in [0.1, 0.15) is 19.8 Å². The molecule has 0 saturated carbocycles. The Morgan fingerprint density at radius 2 is 2.20 bits per heavy atom. The van der Waals surface area contributed by atoms with Crippen LogP contribution in [0.15, 0.2) is 30.3 Å². The van der Waals surface area contributed by atoms with Gasteiger partial charge in [-0.25, -0.2) is 0 Å². The number of amides is 1. The molecule has 2 rings (SSSR count). The number of benzene rings is 1. The number of para-hydroxylation sites is 1. The molecular formula is C15H22N2O3. The van der Waals surface area contributed by atoms with Crippen LogP contribution in [0, 0.1) is 0 Å². The van der Waals surface area contributed by atoms with E-state index in [0.717, 1.165) is 12.3 Å². The number of ether oxygens (including phenoxy) is 1. The minimum atomic E-state index is -0.862. The summed E-state index contributed by atoms with van der Waals surface area (Å²) in [5.41, 5.74) is 4.31. The van der Waals surface area contributed by atoms with E-state index in [0.29, 0.717) is 25.9 Å². The Kier molecular flexibility index (Phi) is 4.62. The number of hydrogen-bond acceptors (Lipinski definition) is 4. The number of carbonyl (C=O) groups is 1. The van der Waals surface area contributed by atoms with E-state index in [9.17, 15) is 9.90 Å². The van der Waals surface area contributed by atoms with Crippen molar-refractivity contribution in [2.45, 2.75) is 31.5 Å². The summed E-state index contributed by atoms with van der Waals surface area (Å²) in [5.74, 6) is 0.442. The first kappa shape index (κ1) is 14.8. The molecule has 20 heavy (non-hydrogen) atoms. The highest BCUT2D eigenvalue weighted by Crippen LogP contribution is 2.26. The number of aliphatic hydroxyl groups is 1. The number of hydrogen-bond donors (Lipinski definition) is 2. The quantitative estimate of drug-likeness (QED) is 0.834. The number of nitrogens with two attached hydrogens (primary N) is 1. The van der Waals surface area contributed by atoms with Gasteiger partial charge in [0.1, 0.15) is 17.5 Å². The Morgan fingerprint density at radius 3 is 2.85 bits per heavy atom. The smallest absolute Gasteiger partial charge is 0.218 e. The predicted molar refractivity (Wildman–Crippen MR) is 76.4 cm³/mol. The monoisotopic (exact) mass is 278 g/mol. The number of piperidine rings is 1. The van der Waals surface area contributed by atoms with Gasteiger partial charge in [0, 0.05) is 26.1 Å². The molecule has 5 nitrogen and oxygen atoms in total. The van der Waals surface area contributed by atoms with Gasteiger partial charge in [0.25, 0.3) is 0 Å². The minimum Gasteiger partial charge on any atom is -0.486 e. The third-order valence-electron chi connectivity index (χ3n) is 3.75. The van der Waals surface area contributed by atoms with Crippen LogP contribution in [0.5, 0.6) is 5.75 Å². The molecule has 2 atom stereocenters. The van der Waals surface area contributed by atoms with Crippen molar-refractivity contribution in [1.82, 2.24) is 4.90 Å². The molecule has 0 unspecified atom stereocenters. The highest BCUT2D eigenvalue weighted by atomic mass is 16.5. The highest BCUT2D eigenvalue weighted by Gasteiger charge is 2.39. The average Bonchev–Trinajstić information content (AvgIpc) is 2.41. The lowest BCUT2D eigenvalue weighted by Crippen LogP contribution is -2.56. The maximum atomic E-state index is 10.9. The van der Waals surface area contributed by atoms with Crippen LogP contribution in [0.2, 0.25) is 0 Å². The maximum Gasteiger partial charge on any atom is 0.218 e. The molecule has 5 heteroatoms. The first-order valence-electron chi connectivity index (χ1n) is 6.92. The second kappa shape index (κ2) is 6.24. The number of nitrogens with zero attached hydrogens (tertiary/aromatic N) is 1. The standard InChI is InChI=1S/C15H22N2O3/c1-15(19)8-10-17(9-7-14(16)18)11-13(15)20-12-5-3-2-4-6-12/h2-6,13,19H,7-11H2,1H3,(H2,16,18)/t13-,15-/m0/s1. The van der Waals surface area contributed by atoms with Crippen LogP contribution < -0.4 is 10.5 Å². The van der Waals surface area contributed by atoms with Crippen molar-refractivity contribution in [3.63, 3.8) is 0 Å². The molecule has 1 saturated heterocycles. The van der Waals surface area contributed by atoms with E-state index in [1.54, 1.807) is 6.92 Å². The van der Waals surface area contributed by atoms with Gasteiger partial charge in [-0.05, 0) is 25.5 Å². The van der Waals surface area contributed by atoms with Crippen LogP contribution in [-0.4, -0.2) is 47.3 Å². The third kappa shape index (κ3) is 3.95. The van der Waals surface area contributed by atoms with Gasteiger partial charge in [0.2, 0.25) is 5.91 Å². The summed E-state index contributed by atoms with van der Waals surface area (Å²) in [6, 6.07) is 9.47. The number of carbonyl (C=O) groups excluding carboxylic acids is 1. The zero-order chi connectivity index (χ0) is 14.6. The normalized spacial score (nSPS) is 27.2. The molecular weight excluding hydrogens is 256 g/mol. The minimum absolute atomic E-state index is 0.303. The molecule has 1 fully saturated rings. The lowest BCUT2D eigenvalue weighted by atomic mass is 9.90. The molecule has 1 aliphatic rings. The zero-order valence-corrected chi connectivity index (χ0v) is 11.8. The molecule has 1 amide bonds. The van der Waals surface area contributed by atoms with Gasteiger partial charge in [-0.15, -0.1) is 0 Å². The Morgan fingerprint density at radius 1 is 1.50 bits per heavy atom. The molecule has 0 aliphatic carbocycles. The van der Waals surface area contributed by atoms with E-state index in [1.807, 2.05) is 30.3 Å². The summed E-state index contributed by atoms with van der Waals surface area (Å²) in [5, 5.41) is 10.4. The van der Waals surface area contributed by atoms with Crippen LogP contribution in [0.3, 0.4) is 0 Å². The van der Waals surface area contributed by atoms with Crippen molar-refractivity contribution in [2.24, 2.45) is 5.73 Å². The van der Waals surface area contributed by atoms with Crippen molar-refractivity contribution in [3.05, 3.63) is 30.3 Å². The Balaban J connectivity index is 1.98. The van der Waals surface area contributed by atoms with E-state index in [2.05, 4.69) is 4.90 Å². The zero-order valence-electron chi connectivity index (χ0n) is 11.8. The molecule has 1 aromatic rings. The van der Waals surface area contributed by atoms with Crippen LogP contribution >= 0.6 is 0 Å². The first-order chi connectivity index (χ1) is 9.47. The van der Waals surface area contributed by atoms with Gasteiger partial charge in [-0.1, -0.05) is 18.2 Å². The lowest BCUT2D eigenvalue weighted by molar-refractivity contribution is -0.119. The van der Waals surface area contributed by atoms with E-state index in [4.69, 9.17) is 10.5 Å². The van der Waals surface area contributed by atoms with Crippen molar-refractivity contribution in [2.75, 3.05) is 19.6 Å². The number of rotatable bonds is 5. The average molecular weight is 278 g/mol. The second-order valence-corrected chi connectivity index (χ2v) is 5.54. The number of primary amides is 1. The summed E-state index contributed by atoms with van der Waals surface area (Å²) >= 11 is 0. The fraction of sp³-hybridized carbons (Fsp3) is 0.533. The van der Waals surface area contributed by atoms with E-state index < -0.39 is 5.60 Å². The Hall–Kier alpha value is -1.59. The van der Waals surface area contributed by atoms with Crippen molar-refractivity contribution in [3.8, 4) is 5.75 Å². The largest absolute Gasteiger partial charge is 0.486 e. The fourth-order valence-electron chi connectivity index (χ4n) is 2.37. The van der Waals surface area contributed by atoms with Crippen molar-refractivity contribution >= 4 is 5.91 Å². The molecule has 0 aromatic heterocycles. The third-order valence-corrected chi connectivity index (χ3v) is 3.75. The molecule has 110 valence electrons. The number of likely N-dealkylation sites (tertiary alicyclic amines) is 1. The summed E-state index contributed by atoms with van der Waals surface area (Å²) in [6.45, 7) is 3.75. The Labute approximate surface area is 119 Å². The van der Waals surface area contributed by atoms with Gasteiger partial charge in [0.05, 0.1) is 0 Å². The molecule has 0 spiro atoms. The van der Waals surface area contributed by atoms with Gasteiger partial charge >= 0.3 is 0 Å². The maximum absolute atomic E-state index is 10.9. The van der Waals surface area contributed by atoms with Gasteiger partial charge in [-0.2, -0.15) is 0 Å². The first-order valence-corrected chi connectivity index (χ1v) is 6.92. The summed E-state index contributed by atoms with van der Waals surface area (Å²) in [4.78, 5) is 13.0. The topological polar surface area (TPSA) is 75.8 Å². The second-order valence-electron chi connectivity index (χ2n) is 5.54. The summed E-state index contributed by atoms with van der Waals surface area (Å²) in [6.07, 6.45) is 0.634. The molecule has 1 heterocycles. The van der Waals surface area contributed by atoms with Gasteiger partial charge in [-0.3, -0.25) is 9.69 Å². The highest BCUT2D eigenvalue weighted by molar-refractivity contribution is 5.73.